The Labute approximate surface area is 249 Å². The Morgan fingerprint density at radius 1 is 0.381 bits per heavy atom. The van der Waals surface area contributed by atoms with E-state index in [4.69, 9.17) is 0 Å². The fraction of sp³-hybridized carbons (Fsp3) is 0. The van der Waals surface area contributed by atoms with Gasteiger partial charge in [0.1, 0.15) is 0 Å². The normalized spacial score (nSPS) is 11.3. The van der Waals surface area contributed by atoms with Crippen LogP contribution in [0.15, 0.2) is 164 Å². The van der Waals surface area contributed by atoms with Crippen LogP contribution in [0, 0.1) is 0 Å². The van der Waals surface area contributed by atoms with Gasteiger partial charge in [0.2, 0.25) is 0 Å². The molecule has 1 aromatic heterocycles. The number of hydrogen-bond acceptors (Lipinski definition) is 2. The third-order valence-electron chi connectivity index (χ3n) is 8.06. The van der Waals surface area contributed by atoms with Crippen LogP contribution in [0.3, 0.4) is 0 Å². The smallest absolute Gasteiger partial charge is 0.0554 e. The van der Waals surface area contributed by atoms with Gasteiger partial charge < -0.3 is 4.90 Å². The van der Waals surface area contributed by atoms with Gasteiger partial charge in [-0.1, -0.05) is 127 Å². The number of nitrogens with zero attached hydrogens (tertiary/aromatic N) is 1. The zero-order chi connectivity index (χ0) is 27.9. The van der Waals surface area contributed by atoms with Crippen LogP contribution in [0.25, 0.3) is 53.2 Å². The number of anilines is 3. The van der Waals surface area contributed by atoms with E-state index < -0.39 is 0 Å². The van der Waals surface area contributed by atoms with Crippen molar-refractivity contribution in [2.75, 3.05) is 4.90 Å². The number of fused-ring (bicyclic) bond motifs is 4. The van der Waals surface area contributed by atoms with Gasteiger partial charge >= 0.3 is 0 Å². The first kappa shape index (κ1) is 24.6. The van der Waals surface area contributed by atoms with Crippen LogP contribution in [-0.4, -0.2) is 0 Å². The van der Waals surface area contributed by atoms with Crippen molar-refractivity contribution >= 4 is 59.3 Å². The van der Waals surface area contributed by atoms with Crippen molar-refractivity contribution in [3.05, 3.63) is 164 Å². The summed E-state index contributed by atoms with van der Waals surface area (Å²) in [6.07, 6.45) is 0. The molecule has 1 nitrogen and oxygen atoms in total. The predicted molar refractivity (Wildman–Crippen MR) is 182 cm³/mol. The molecule has 0 N–H and O–H groups in total. The largest absolute Gasteiger partial charge is 0.309 e. The quantitative estimate of drug-likeness (QED) is 0.205. The minimum absolute atomic E-state index is 1.13. The van der Waals surface area contributed by atoms with E-state index in [1.807, 2.05) is 11.3 Å². The van der Waals surface area contributed by atoms with Crippen LogP contribution in [0.2, 0.25) is 0 Å². The molecule has 0 saturated heterocycles. The lowest BCUT2D eigenvalue weighted by molar-refractivity contribution is 1.30. The maximum absolute atomic E-state index is 2.45. The monoisotopic (exact) mass is 553 g/mol. The molecule has 0 spiro atoms. The topological polar surface area (TPSA) is 3.24 Å². The third kappa shape index (κ3) is 4.25. The Balaban J connectivity index is 1.43. The average molecular weight is 554 g/mol. The molecule has 0 unspecified atom stereocenters. The molecule has 1 heterocycles. The molecule has 2 heteroatoms. The van der Waals surface area contributed by atoms with Crippen molar-refractivity contribution < 1.29 is 0 Å². The summed E-state index contributed by atoms with van der Waals surface area (Å²) in [6.45, 7) is 0. The summed E-state index contributed by atoms with van der Waals surface area (Å²) in [6, 6.07) is 59.2. The first-order chi connectivity index (χ1) is 20.8. The van der Waals surface area contributed by atoms with Crippen molar-refractivity contribution in [1.29, 1.82) is 0 Å². The van der Waals surface area contributed by atoms with Gasteiger partial charge in [-0.05, 0) is 58.5 Å². The van der Waals surface area contributed by atoms with Crippen LogP contribution < -0.4 is 4.90 Å². The second-order valence-electron chi connectivity index (χ2n) is 10.6. The van der Waals surface area contributed by atoms with E-state index in [0.717, 1.165) is 5.69 Å². The van der Waals surface area contributed by atoms with Crippen molar-refractivity contribution in [2.24, 2.45) is 0 Å². The van der Waals surface area contributed by atoms with Crippen molar-refractivity contribution in [2.45, 2.75) is 0 Å². The highest BCUT2D eigenvalue weighted by molar-refractivity contribution is 7.25. The molecule has 0 amide bonds. The maximum atomic E-state index is 2.45. The number of rotatable bonds is 5. The summed E-state index contributed by atoms with van der Waals surface area (Å²) < 4.78 is 2.60. The molecule has 0 fully saturated rings. The fourth-order valence-corrected chi connectivity index (χ4v) is 7.16. The van der Waals surface area contributed by atoms with Crippen molar-refractivity contribution in [3.8, 4) is 22.3 Å². The zero-order valence-electron chi connectivity index (χ0n) is 22.9. The van der Waals surface area contributed by atoms with E-state index in [1.54, 1.807) is 0 Å². The minimum atomic E-state index is 1.13. The summed E-state index contributed by atoms with van der Waals surface area (Å²) in [5.41, 5.74) is 8.31. The van der Waals surface area contributed by atoms with Gasteiger partial charge in [-0.15, -0.1) is 11.3 Å². The summed E-state index contributed by atoms with van der Waals surface area (Å²) >= 11 is 1.86. The van der Waals surface area contributed by atoms with Gasteiger partial charge in [0.15, 0.2) is 0 Å². The molecular weight excluding hydrogens is 527 g/mol. The van der Waals surface area contributed by atoms with Gasteiger partial charge in [0, 0.05) is 36.8 Å². The predicted octanol–water partition coefficient (Wildman–Crippen LogP) is 12.0. The van der Waals surface area contributed by atoms with Gasteiger partial charge in [0.25, 0.3) is 0 Å². The van der Waals surface area contributed by atoms with Crippen LogP contribution in [0.5, 0.6) is 0 Å². The first-order valence-electron chi connectivity index (χ1n) is 14.3. The molecule has 7 aromatic carbocycles. The fourth-order valence-electron chi connectivity index (χ4n) is 6.04. The highest BCUT2D eigenvalue weighted by atomic mass is 32.1. The standard InChI is InChI=1S/C40H27NS/c1-3-12-28(13-4-1)29-22-24-32(25-23-29)41(37-20-11-17-30-16-7-8-18-33(30)37)38-27-40-36(34-19-9-10-21-39(34)42-40)26-35(38)31-14-5-2-6-15-31/h1-27H. The molecule has 0 aliphatic carbocycles. The van der Waals surface area contributed by atoms with E-state index in [9.17, 15) is 0 Å². The van der Waals surface area contributed by atoms with Gasteiger partial charge in [0.05, 0.1) is 11.4 Å². The lowest BCUT2D eigenvalue weighted by Crippen LogP contribution is -2.11. The summed E-state index contributed by atoms with van der Waals surface area (Å²) in [4.78, 5) is 2.45. The van der Waals surface area contributed by atoms with E-state index in [0.29, 0.717) is 0 Å². The molecule has 0 aliphatic heterocycles. The lowest BCUT2D eigenvalue weighted by Gasteiger charge is -2.29. The molecule has 8 rings (SSSR count). The Bertz CT molecular complexity index is 2170. The zero-order valence-corrected chi connectivity index (χ0v) is 23.8. The lowest BCUT2D eigenvalue weighted by atomic mass is 9.98. The van der Waals surface area contributed by atoms with Crippen LogP contribution in [0.1, 0.15) is 0 Å². The van der Waals surface area contributed by atoms with Crippen molar-refractivity contribution in [1.82, 2.24) is 0 Å². The first-order valence-corrected chi connectivity index (χ1v) is 15.1. The Kier molecular flexibility index (Phi) is 6.05. The molecule has 0 atom stereocenters. The molecule has 0 bridgehead atoms. The molecule has 8 aromatic rings. The van der Waals surface area contributed by atoms with Crippen LogP contribution in [0.4, 0.5) is 17.1 Å². The molecule has 42 heavy (non-hydrogen) atoms. The van der Waals surface area contributed by atoms with Gasteiger partial charge in [-0.2, -0.15) is 0 Å². The van der Waals surface area contributed by atoms with E-state index in [-0.39, 0.29) is 0 Å². The van der Waals surface area contributed by atoms with E-state index in [1.165, 1.54) is 64.6 Å². The molecular formula is C40H27NS. The second-order valence-corrected chi connectivity index (χ2v) is 11.7. The van der Waals surface area contributed by atoms with Crippen LogP contribution in [-0.2, 0) is 0 Å². The van der Waals surface area contributed by atoms with Crippen molar-refractivity contribution in [3.63, 3.8) is 0 Å². The molecule has 0 aliphatic rings. The Morgan fingerprint density at radius 3 is 1.79 bits per heavy atom. The number of thiophene rings is 1. The maximum Gasteiger partial charge on any atom is 0.0554 e. The third-order valence-corrected chi connectivity index (χ3v) is 9.19. The highest BCUT2D eigenvalue weighted by Gasteiger charge is 2.21. The van der Waals surface area contributed by atoms with E-state index in [2.05, 4.69) is 169 Å². The SMILES string of the molecule is c1ccc(-c2ccc(N(c3cc4sc5ccccc5c4cc3-c3ccccc3)c3cccc4ccccc34)cc2)cc1. The average Bonchev–Trinajstić information content (AvgIpc) is 3.43. The summed E-state index contributed by atoms with van der Waals surface area (Å²) in [5, 5.41) is 5.06. The number of hydrogen-bond donors (Lipinski definition) is 0. The van der Waals surface area contributed by atoms with E-state index >= 15 is 0 Å². The van der Waals surface area contributed by atoms with Gasteiger partial charge in [-0.25, -0.2) is 0 Å². The highest BCUT2D eigenvalue weighted by Crippen LogP contribution is 2.47. The summed E-state index contributed by atoms with van der Waals surface area (Å²) in [5.74, 6) is 0. The summed E-state index contributed by atoms with van der Waals surface area (Å²) in [7, 11) is 0. The number of benzene rings is 7. The Hall–Kier alpha value is -5.18. The second kappa shape index (κ2) is 10.3. The molecule has 198 valence electrons. The minimum Gasteiger partial charge on any atom is -0.309 e. The molecule has 0 radical (unpaired) electrons. The molecule has 0 saturated carbocycles. The van der Waals surface area contributed by atoms with Crippen LogP contribution >= 0.6 is 11.3 Å². The van der Waals surface area contributed by atoms with Gasteiger partial charge in [-0.3, -0.25) is 0 Å². The Morgan fingerprint density at radius 2 is 1.00 bits per heavy atom.